The molecule has 0 aliphatic rings. The van der Waals surface area contributed by atoms with Crippen molar-refractivity contribution < 1.29 is 40.8 Å². The molecule has 0 N–H and O–H groups in total. The van der Waals surface area contributed by atoms with Crippen molar-refractivity contribution in [2.45, 2.75) is 84.4 Å². The minimum atomic E-state index is -4.35. The van der Waals surface area contributed by atoms with E-state index in [1.165, 1.54) is 12.1 Å². The predicted octanol–water partition coefficient (Wildman–Crippen LogP) is 5.61. The van der Waals surface area contributed by atoms with Crippen LogP contribution in [-0.2, 0) is 40.3 Å². The molecule has 1 aromatic carbocycles. The van der Waals surface area contributed by atoms with Crippen LogP contribution < -0.4 is 0 Å². The minimum Gasteiger partial charge on any atom is -0.455 e. The largest absolute Gasteiger partial charge is 0.705 e. The van der Waals surface area contributed by atoms with Gasteiger partial charge in [0.1, 0.15) is 0 Å². The number of carbonyl (C=O) groups is 3. The molecule has 0 aromatic heterocycles. The first-order valence-corrected chi connectivity index (χ1v) is 12.8. The van der Waals surface area contributed by atoms with E-state index in [1.807, 2.05) is 0 Å². The van der Waals surface area contributed by atoms with E-state index < -0.39 is 38.5 Å². The van der Waals surface area contributed by atoms with Crippen LogP contribution in [0.2, 0.25) is 6.04 Å². The van der Waals surface area contributed by atoms with Gasteiger partial charge in [0, 0.05) is 19.3 Å². The van der Waals surface area contributed by atoms with Crippen LogP contribution in [0.3, 0.4) is 0 Å². The molecule has 0 spiro atoms. The van der Waals surface area contributed by atoms with Gasteiger partial charge >= 0.3 is 15.0 Å². The van der Waals surface area contributed by atoms with Crippen molar-refractivity contribution >= 4 is 26.7 Å². The zero-order valence-corrected chi connectivity index (χ0v) is 19.8. The van der Waals surface area contributed by atoms with Crippen LogP contribution in [0.4, 0.5) is 13.2 Å². The third-order valence-electron chi connectivity index (χ3n) is 4.65. The molecule has 1 rings (SSSR count). The van der Waals surface area contributed by atoms with E-state index in [4.69, 9.17) is 13.3 Å². The maximum Gasteiger partial charge on any atom is 0.705 e. The first-order valence-electron chi connectivity index (χ1n) is 10.9. The molecular weight excluding hydrogens is 445 g/mol. The summed E-state index contributed by atoms with van der Waals surface area (Å²) < 4.78 is 54.0. The normalized spacial score (nSPS) is 11.7. The Morgan fingerprint density at radius 1 is 0.750 bits per heavy atom. The van der Waals surface area contributed by atoms with E-state index in [-0.39, 0.29) is 25.3 Å². The van der Waals surface area contributed by atoms with Gasteiger partial charge < -0.3 is 13.3 Å². The fourth-order valence-corrected chi connectivity index (χ4v) is 5.42. The van der Waals surface area contributed by atoms with E-state index in [0.717, 1.165) is 30.5 Å². The van der Waals surface area contributed by atoms with E-state index in [2.05, 4.69) is 0 Å². The molecular formula is C22H31F3O6Si. The standard InChI is InChI=1S/C22H31F3O6Si/c1-4-19(26)29-32(30-20(27)5-2,31-21(28)6-3)16-10-8-7-9-11-17-12-14-18(15-13-17)22(23,24)25/h12-15H,4-11,16H2,1-3H3. The number of aryl methyl sites for hydroxylation is 1. The molecule has 0 aliphatic carbocycles. The highest BCUT2D eigenvalue weighted by atomic mass is 28.4. The van der Waals surface area contributed by atoms with Crippen molar-refractivity contribution in [1.82, 2.24) is 0 Å². The molecule has 0 atom stereocenters. The number of rotatable bonds is 13. The maximum atomic E-state index is 12.6. The van der Waals surface area contributed by atoms with Crippen molar-refractivity contribution in [3.8, 4) is 0 Å². The summed E-state index contributed by atoms with van der Waals surface area (Å²) in [6.45, 7) is 4.77. The number of hydrogen-bond donors (Lipinski definition) is 0. The van der Waals surface area contributed by atoms with Gasteiger partial charge in [0.05, 0.1) is 11.6 Å². The summed E-state index contributed by atoms with van der Waals surface area (Å²) in [4.78, 5) is 35.7. The summed E-state index contributed by atoms with van der Waals surface area (Å²) in [5, 5.41) is 0. The molecule has 0 saturated carbocycles. The predicted molar refractivity (Wildman–Crippen MR) is 113 cm³/mol. The average molecular weight is 477 g/mol. The van der Waals surface area contributed by atoms with Gasteiger partial charge in [-0.2, -0.15) is 13.2 Å². The molecule has 0 aliphatic heterocycles. The number of unbranched alkanes of at least 4 members (excludes halogenated alkanes) is 3. The Balaban J connectivity index is 2.63. The lowest BCUT2D eigenvalue weighted by molar-refractivity contribution is -0.150. The molecule has 0 bridgehead atoms. The van der Waals surface area contributed by atoms with Crippen LogP contribution in [-0.4, -0.2) is 26.7 Å². The van der Waals surface area contributed by atoms with Crippen LogP contribution in [0.1, 0.15) is 76.8 Å². The molecule has 1 aromatic rings. The Hall–Kier alpha value is -2.36. The molecule has 180 valence electrons. The van der Waals surface area contributed by atoms with Gasteiger partial charge in [-0.05, 0) is 37.0 Å². The monoisotopic (exact) mass is 476 g/mol. The SMILES string of the molecule is CCC(=O)O[Si](CCCCCCc1ccc(C(F)(F)F)cc1)(OC(=O)CC)OC(=O)CC. The maximum absolute atomic E-state index is 12.6. The highest BCUT2D eigenvalue weighted by Gasteiger charge is 2.52. The van der Waals surface area contributed by atoms with Crippen LogP contribution in [0, 0.1) is 0 Å². The molecule has 10 heteroatoms. The Bertz CT molecular complexity index is 703. The molecule has 0 fully saturated rings. The summed E-state index contributed by atoms with van der Waals surface area (Å²) in [7, 11) is -3.85. The van der Waals surface area contributed by atoms with Crippen LogP contribution >= 0.6 is 0 Å². The summed E-state index contributed by atoms with van der Waals surface area (Å²) in [5.41, 5.74) is 0.139. The topological polar surface area (TPSA) is 78.9 Å². The third kappa shape index (κ3) is 9.84. The lowest BCUT2D eigenvalue weighted by Crippen LogP contribution is -2.50. The average Bonchev–Trinajstić information content (AvgIpc) is 2.75. The molecule has 0 radical (unpaired) electrons. The number of alkyl halides is 3. The van der Waals surface area contributed by atoms with Gasteiger partial charge in [-0.15, -0.1) is 0 Å². The van der Waals surface area contributed by atoms with Crippen molar-refractivity contribution in [3.05, 3.63) is 35.4 Å². The quantitative estimate of drug-likeness (QED) is 0.272. The summed E-state index contributed by atoms with van der Waals surface area (Å²) in [6, 6.07) is 5.22. The number of hydrogen-bond acceptors (Lipinski definition) is 6. The van der Waals surface area contributed by atoms with Gasteiger partial charge in [-0.3, -0.25) is 14.4 Å². The van der Waals surface area contributed by atoms with Gasteiger partial charge in [0.25, 0.3) is 17.9 Å². The fourth-order valence-electron chi connectivity index (χ4n) is 2.84. The zero-order valence-electron chi connectivity index (χ0n) is 18.8. The van der Waals surface area contributed by atoms with E-state index in [0.29, 0.717) is 19.3 Å². The second kappa shape index (κ2) is 13.2. The molecule has 0 saturated heterocycles. The van der Waals surface area contributed by atoms with Crippen LogP contribution in [0.25, 0.3) is 0 Å². The summed E-state index contributed by atoms with van der Waals surface area (Å²) >= 11 is 0. The van der Waals surface area contributed by atoms with Crippen LogP contribution in [0.5, 0.6) is 0 Å². The van der Waals surface area contributed by atoms with Crippen molar-refractivity contribution in [3.63, 3.8) is 0 Å². The summed E-state index contributed by atoms with van der Waals surface area (Å²) in [5.74, 6) is -1.81. The van der Waals surface area contributed by atoms with Gasteiger partial charge in [0.2, 0.25) is 0 Å². The Morgan fingerprint density at radius 2 is 1.19 bits per heavy atom. The van der Waals surface area contributed by atoms with Crippen molar-refractivity contribution in [1.29, 1.82) is 0 Å². The molecule has 6 nitrogen and oxygen atoms in total. The zero-order chi connectivity index (χ0) is 24.2. The Labute approximate surface area is 187 Å². The highest BCUT2D eigenvalue weighted by molar-refractivity contribution is 6.65. The van der Waals surface area contributed by atoms with Gasteiger partial charge in [-0.25, -0.2) is 0 Å². The number of carbonyl (C=O) groups excluding carboxylic acids is 3. The van der Waals surface area contributed by atoms with Crippen molar-refractivity contribution in [2.24, 2.45) is 0 Å². The van der Waals surface area contributed by atoms with E-state index in [9.17, 15) is 27.6 Å². The van der Waals surface area contributed by atoms with Crippen LogP contribution in [0.15, 0.2) is 24.3 Å². The molecule has 32 heavy (non-hydrogen) atoms. The summed E-state index contributed by atoms with van der Waals surface area (Å²) in [6.07, 6.45) is -0.870. The highest BCUT2D eigenvalue weighted by Crippen LogP contribution is 2.29. The second-order valence-electron chi connectivity index (χ2n) is 7.27. The lowest BCUT2D eigenvalue weighted by Gasteiger charge is -2.27. The van der Waals surface area contributed by atoms with Gasteiger partial charge in [0.15, 0.2) is 0 Å². The fraction of sp³-hybridized carbons (Fsp3) is 0.591. The molecule has 0 heterocycles. The first-order chi connectivity index (χ1) is 15.0. The lowest BCUT2D eigenvalue weighted by atomic mass is 10.0. The number of halogens is 3. The second-order valence-corrected chi connectivity index (χ2v) is 9.75. The minimum absolute atomic E-state index is 0.0508. The Kier molecular flexibility index (Phi) is 11.5. The van der Waals surface area contributed by atoms with E-state index >= 15 is 0 Å². The molecule has 0 unspecified atom stereocenters. The van der Waals surface area contributed by atoms with Gasteiger partial charge in [-0.1, -0.05) is 45.7 Å². The molecule has 0 amide bonds. The third-order valence-corrected chi connectivity index (χ3v) is 7.24. The smallest absolute Gasteiger partial charge is 0.455 e. The van der Waals surface area contributed by atoms with Crippen molar-refractivity contribution in [2.75, 3.05) is 0 Å². The van der Waals surface area contributed by atoms with E-state index in [1.54, 1.807) is 20.8 Å². The Morgan fingerprint density at radius 3 is 1.59 bits per heavy atom. The first kappa shape index (κ1) is 27.7. The number of benzene rings is 1.